The van der Waals surface area contributed by atoms with Gasteiger partial charge in [-0.05, 0) is 39.4 Å². The van der Waals surface area contributed by atoms with E-state index in [2.05, 4.69) is 29.0 Å². The molecular formula is C15H24N4OS. The Balaban J connectivity index is 1.73. The maximum Gasteiger partial charge on any atom is 0.271 e. The van der Waals surface area contributed by atoms with Gasteiger partial charge in [0.15, 0.2) is 4.96 Å². The Labute approximate surface area is 130 Å². The minimum absolute atomic E-state index is 0.0774. The number of imidazole rings is 1. The molecule has 21 heavy (non-hydrogen) atoms. The second kappa shape index (κ2) is 7.56. The van der Waals surface area contributed by atoms with E-state index in [0.29, 0.717) is 12.2 Å². The van der Waals surface area contributed by atoms with E-state index in [0.717, 1.165) is 37.4 Å². The van der Waals surface area contributed by atoms with Crippen molar-refractivity contribution in [3.8, 4) is 0 Å². The summed E-state index contributed by atoms with van der Waals surface area (Å²) >= 11 is 1.60. The van der Waals surface area contributed by atoms with E-state index >= 15 is 0 Å². The Bertz CT molecular complexity index is 554. The van der Waals surface area contributed by atoms with Crippen LogP contribution in [0.3, 0.4) is 0 Å². The van der Waals surface area contributed by atoms with Crippen LogP contribution in [0.5, 0.6) is 0 Å². The molecule has 0 unspecified atom stereocenters. The Morgan fingerprint density at radius 1 is 1.33 bits per heavy atom. The summed E-state index contributed by atoms with van der Waals surface area (Å²) in [5.74, 6) is -0.0774. The third-order valence-electron chi connectivity index (χ3n) is 3.59. The number of hydrogen-bond acceptors (Lipinski definition) is 4. The lowest BCUT2D eigenvalue weighted by molar-refractivity contribution is 0.0948. The number of aromatic nitrogens is 2. The third-order valence-corrected chi connectivity index (χ3v) is 4.50. The smallest absolute Gasteiger partial charge is 0.271 e. The summed E-state index contributed by atoms with van der Waals surface area (Å²) in [6, 6.07) is 0. The fraction of sp³-hybridized carbons (Fsp3) is 0.600. The van der Waals surface area contributed by atoms with Gasteiger partial charge in [-0.3, -0.25) is 9.20 Å². The van der Waals surface area contributed by atoms with Gasteiger partial charge in [-0.2, -0.15) is 0 Å². The molecule has 0 fully saturated rings. The van der Waals surface area contributed by atoms with Gasteiger partial charge in [0.05, 0.1) is 0 Å². The number of rotatable bonds is 8. The fourth-order valence-corrected chi connectivity index (χ4v) is 3.12. The minimum atomic E-state index is -0.0774. The standard InChI is InChI=1S/C15H24N4OS/c1-4-18(5-2)9-7-6-8-16-14(20)13-11-19-10-12(3)21-15(19)17-13/h10-11H,4-9H2,1-3H3,(H,16,20). The number of carbonyl (C=O) groups excluding carboxylic acids is 1. The molecule has 2 aromatic rings. The molecule has 2 heterocycles. The van der Waals surface area contributed by atoms with E-state index in [-0.39, 0.29) is 5.91 Å². The number of carbonyl (C=O) groups is 1. The number of unbranched alkanes of at least 4 members (excludes halogenated alkanes) is 1. The normalized spacial score (nSPS) is 11.4. The van der Waals surface area contributed by atoms with Crippen molar-refractivity contribution in [1.82, 2.24) is 19.6 Å². The summed E-state index contributed by atoms with van der Waals surface area (Å²) in [5.41, 5.74) is 0.505. The quantitative estimate of drug-likeness (QED) is 0.763. The van der Waals surface area contributed by atoms with Crippen molar-refractivity contribution >= 4 is 22.2 Å². The first-order valence-corrected chi connectivity index (χ1v) is 8.41. The van der Waals surface area contributed by atoms with Gasteiger partial charge in [-0.1, -0.05) is 13.8 Å². The van der Waals surface area contributed by atoms with Crippen molar-refractivity contribution in [2.24, 2.45) is 0 Å². The van der Waals surface area contributed by atoms with Crippen molar-refractivity contribution in [2.45, 2.75) is 33.6 Å². The summed E-state index contributed by atoms with van der Waals surface area (Å²) in [4.78, 5) is 20.8. The molecule has 0 radical (unpaired) electrons. The molecule has 0 saturated heterocycles. The Hall–Kier alpha value is -1.40. The lowest BCUT2D eigenvalue weighted by Gasteiger charge is -2.17. The average Bonchev–Trinajstić information content (AvgIpc) is 2.99. The largest absolute Gasteiger partial charge is 0.351 e. The van der Waals surface area contributed by atoms with E-state index in [1.54, 1.807) is 17.5 Å². The molecule has 0 atom stereocenters. The van der Waals surface area contributed by atoms with E-state index < -0.39 is 0 Å². The van der Waals surface area contributed by atoms with Gasteiger partial charge in [0.1, 0.15) is 5.69 Å². The molecule has 1 N–H and O–H groups in total. The first-order chi connectivity index (χ1) is 10.1. The van der Waals surface area contributed by atoms with Gasteiger partial charge in [-0.15, -0.1) is 11.3 Å². The van der Waals surface area contributed by atoms with E-state index in [1.165, 1.54) is 4.88 Å². The molecule has 0 bridgehead atoms. The Morgan fingerprint density at radius 3 is 2.76 bits per heavy atom. The van der Waals surface area contributed by atoms with Crippen LogP contribution in [0.1, 0.15) is 42.1 Å². The minimum Gasteiger partial charge on any atom is -0.351 e. The molecule has 0 saturated carbocycles. The molecule has 0 aliphatic heterocycles. The first-order valence-electron chi connectivity index (χ1n) is 7.59. The summed E-state index contributed by atoms with van der Waals surface area (Å²) in [7, 11) is 0. The topological polar surface area (TPSA) is 49.6 Å². The van der Waals surface area contributed by atoms with Gasteiger partial charge in [0.2, 0.25) is 0 Å². The lowest BCUT2D eigenvalue weighted by Crippen LogP contribution is -2.27. The third kappa shape index (κ3) is 4.28. The molecule has 6 heteroatoms. The van der Waals surface area contributed by atoms with E-state index in [9.17, 15) is 4.79 Å². The number of thiazole rings is 1. The van der Waals surface area contributed by atoms with Gasteiger partial charge in [0.25, 0.3) is 5.91 Å². The molecule has 1 amide bonds. The van der Waals surface area contributed by atoms with Gasteiger partial charge < -0.3 is 10.2 Å². The summed E-state index contributed by atoms with van der Waals surface area (Å²) < 4.78 is 1.91. The summed E-state index contributed by atoms with van der Waals surface area (Å²) in [6.07, 6.45) is 5.90. The van der Waals surface area contributed by atoms with Crippen LogP contribution >= 0.6 is 11.3 Å². The van der Waals surface area contributed by atoms with Crippen LogP contribution < -0.4 is 5.32 Å². The maximum absolute atomic E-state index is 12.0. The van der Waals surface area contributed by atoms with Crippen LogP contribution in [0.2, 0.25) is 0 Å². The first kappa shape index (κ1) is 16.0. The zero-order valence-corrected chi connectivity index (χ0v) is 13.9. The Morgan fingerprint density at radius 2 is 2.10 bits per heavy atom. The zero-order valence-electron chi connectivity index (χ0n) is 13.1. The number of nitrogens with one attached hydrogen (secondary N) is 1. The van der Waals surface area contributed by atoms with Crippen molar-refractivity contribution in [1.29, 1.82) is 0 Å². The van der Waals surface area contributed by atoms with Crippen molar-refractivity contribution in [2.75, 3.05) is 26.2 Å². The van der Waals surface area contributed by atoms with Gasteiger partial charge in [0, 0.05) is 23.8 Å². The number of amides is 1. The van der Waals surface area contributed by atoms with Crippen LogP contribution in [-0.2, 0) is 0 Å². The van der Waals surface area contributed by atoms with E-state index in [1.807, 2.05) is 17.5 Å². The van der Waals surface area contributed by atoms with Crippen molar-refractivity contribution in [3.05, 3.63) is 23.0 Å². The molecule has 2 rings (SSSR count). The molecule has 116 valence electrons. The van der Waals surface area contributed by atoms with Gasteiger partial charge in [-0.25, -0.2) is 4.98 Å². The zero-order chi connectivity index (χ0) is 15.2. The number of aryl methyl sites for hydroxylation is 1. The van der Waals surface area contributed by atoms with Crippen LogP contribution in [0.25, 0.3) is 4.96 Å². The highest BCUT2D eigenvalue weighted by Gasteiger charge is 2.11. The maximum atomic E-state index is 12.0. The molecule has 0 spiro atoms. The molecule has 0 aromatic carbocycles. The second-order valence-electron chi connectivity index (χ2n) is 5.15. The SMILES string of the molecule is CCN(CC)CCCCNC(=O)c1cn2cc(C)sc2n1. The number of hydrogen-bond donors (Lipinski definition) is 1. The van der Waals surface area contributed by atoms with E-state index in [4.69, 9.17) is 0 Å². The van der Waals surface area contributed by atoms with Gasteiger partial charge >= 0.3 is 0 Å². The summed E-state index contributed by atoms with van der Waals surface area (Å²) in [6.45, 7) is 10.4. The fourth-order valence-electron chi connectivity index (χ4n) is 2.31. The second-order valence-corrected chi connectivity index (χ2v) is 6.36. The highest BCUT2D eigenvalue weighted by atomic mass is 32.1. The molecular weight excluding hydrogens is 284 g/mol. The highest BCUT2D eigenvalue weighted by molar-refractivity contribution is 7.17. The number of nitrogens with zero attached hydrogens (tertiary/aromatic N) is 3. The number of fused-ring (bicyclic) bond motifs is 1. The monoisotopic (exact) mass is 308 g/mol. The van der Waals surface area contributed by atoms with Crippen LogP contribution in [-0.4, -0.2) is 46.4 Å². The highest BCUT2D eigenvalue weighted by Crippen LogP contribution is 2.16. The van der Waals surface area contributed by atoms with Crippen molar-refractivity contribution in [3.63, 3.8) is 0 Å². The van der Waals surface area contributed by atoms with Crippen LogP contribution in [0, 0.1) is 6.92 Å². The van der Waals surface area contributed by atoms with Crippen LogP contribution in [0.15, 0.2) is 12.4 Å². The predicted octanol–water partition coefficient (Wildman–Crippen LogP) is 2.56. The lowest BCUT2D eigenvalue weighted by atomic mass is 10.3. The average molecular weight is 308 g/mol. The van der Waals surface area contributed by atoms with Crippen molar-refractivity contribution < 1.29 is 4.79 Å². The molecule has 5 nitrogen and oxygen atoms in total. The molecule has 2 aromatic heterocycles. The molecule has 0 aliphatic rings. The predicted molar refractivity (Wildman–Crippen MR) is 87.2 cm³/mol. The van der Waals surface area contributed by atoms with Crippen LogP contribution in [0.4, 0.5) is 0 Å². The Kier molecular flexibility index (Phi) is 5.76. The summed E-state index contributed by atoms with van der Waals surface area (Å²) in [5, 5.41) is 2.95. The molecule has 0 aliphatic carbocycles.